The molecule has 3 N–H and O–H groups in total. The summed E-state index contributed by atoms with van der Waals surface area (Å²) in [6, 6.07) is -0.738. The van der Waals surface area contributed by atoms with E-state index in [9.17, 15) is 9.59 Å². The topological polar surface area (TPSA) is 84.7 Å². The Labute approximate surface area is 139 Å². The summed E-state index contributed by atoms with van der Waals surface area (Å²) in [5, 5.41) is 2.93. The predicted molar refractivity (Wildman–Crippen MR) is 89.0 cm³/mol. The Morgan fingerprint density at radius 3 is 2.23 bits per heavy atom. The van der Waals surface area contributed by atoms with Crippen LogP contribution in [0.15, 0.2) is 0 Å². The first kappa shape index (κ1) is 21.1. The molecule has 0 aromatic carbocycles. The highest BCUT2D eigenvalue weighted by Gasteiger charge is 2.43. The number of nitrogens with zero attached hydrogens (tertiary/aromatic N) is 1. The Kier molecular flexibility index (Phi) is 9.64. The molecule has 1 aliphatic carbocycles. The van der Waals surface area contributed by atoms with Crippen molar-refractivity contribution in [2.24, 2.45) is 5.73 Å². The lowest BCUT2D eigenvalue weighted by Gasteiger charge is -2.40. The quantitative estimate of drug-likeness (QED) is 0.729. The largest absolute Gasteiger partial charge is 0.383 e. The van der Waals surface area contributed by atoms with Crippen LogP contribution in [0.5, 0.6) is 0 Å². The highest BCUT2D eigenvalue weighted by atomic mass is 35.5. The lowest BCUT2D eigenvalue weighted by Crippen LogP contribution is -2.63. The number of likely N-dealkylation sites (N-methyl/N-ethyl adjacent to an activating group) is 1. The first-order valence-electron chi connectivity index (χ1n) is 7.86. The number of hydrogen-bond acceptors (Lipinski definition) is 4. The van der Waals surface area contributed by atoms with E-state index < -0.39 is 11.6 Å². The summed E-state index contributed by atoms with van der Waals surface area (Å²) in [6.07, 6.45) is 4.38. The van der Waals surface area contributed by atoms with Crippen molar-refractivity contribution in [1.82, 2.24) is 10.2 Å². The Hall–Kier alpha value is -0.850. The van der Waals surface area contributed by atoms with Gasteiger partial charge >= 0.3 is 0 Å². The molecule has 0 aromatic rings. The zero-order chi connectivity index (χ0) is 15.9. The minimum absolute atomic E-state index is 0. The zero-order valence-electron chi connectivity index (χ0n) is 13.9. The van der Waals surface area contributed by atoms with E-state index >= 15 is 0 Å². The van der Waals surface area contributed by atoms with Gasteiger partial charge in [0.2, 0.25) is 11.8 Å². The van der Waals surface area contributed by atoms with E-state index in [0.717, 1.165) is 19.3 Å². The summed E-state index contributed by atoms with van der Waals surface area (Å²) < 4.78 is 4.92. The van der Waals surface area contributed by atoms with Crippen molar-refractivity contribution in [3.05, 3.63) is 0 Å². The first-order chi connectivity index (χ1) is 10.0. The Balaban J connectivity index is 0.00000441. The molecule has 22 heavy (non-hydrogen) atoms. The van der Waals surface area contributed by atoms with Crippen molar-refractivity contribution < 1.29 is 14.3 Å². The Bertz CT molecular complexity index is 356. The van der Waals surface area contributed by atoms with E-state index in [1.165, 1.54) is 7.11 Å². The smallest absolute Gasteiger partial charge is 0.248 e. The van der Waals surface area contributed by atoms with E-state index in [4.69, 9.17) is 10.5 Å². The standard InChI is InChI=1S/C15H29N3O3.ClH/c1-4-18(5-2)14(20)15(9-7-6-8-10-15)17-13(19)12(16)11-21-3;/h12H,4-11,16H2,1-3H3,(H,17,19);1H. The molecular weight excluding hydrogens is 306 g/mol. The molecule has 130 valence electrons. The highest BCUT2D eigenvalue weighted by Crippen LogP contribution is 2.30. The average Bonchev–Trinajstić information content (AvgIpc) is 2.49. The number of carbonyl (C=O) groups is 2. The number of ether oxygens (including phenoxy) is 1. The summed E-state index contributed by atoms with van der Waals surface area (Å²) in [7, 11) is 1.50. The van der Waals surface area contributed by atoms with Crippen molar-refractivity contribution in [2.75, 3.05) is 26.8 Å². The molecule has 0 aromatic heterocycles. The van der Waals surface area contributed by atoms with Gasteiger partial charge in [-0.2, -0.15) is 0 Å². The van der Waals surface area contributed by atoms with Crippen LogP contribution in [0.3, 0.4) is 0 Å². The highest BCUT2D eigenvalue weighted by molar-refractivity contribution is 5.93. The van der Waals surface area contributed by atoms with Gasteiger partial charge in [0, 0.05) is 20.2 Å². The molecule has 1 saturated carbocycles. The number of hydrogen-bond donors (Lipinski definition) is 2. The third kappa shape index (κ3) is 5.11. The summed E-state index contributed by atoms with van der Waals surface area (Å²) in [5.74, 6) is -0.288. The minimum Gasteiger partial charge on any atom is -0.383 e. The molecule has 1 unspecified atom stereocenters. The van der Waals surface area contributed by atoms with Crippen LogP contribution in [-0.2, 0) is 14.3 Å². The minimum atomic E-state index is -0.785. The SMILES string of the molecule is CCN(CC)C(=O)C1(NC(=O)C(N)COC)CCCCC1.Cl. The summed E-state index contributed by atoms with van der Waals surface area (Å²) in [4.78, 5) is 26.8. The van der Waals surface area contributed by atoms with Gasteiger partial charge in [0.15, 0.2) is 0 Å². The molecule has 0 bridgehead atoms. The second-order valence-electron chi connectivity index (χ2n) is 5.67. The summed E-state index contributed by atoms with van der Waals surface area (Å²) >= 11 is 0. The number of nitrogens with one attached hydrogen (secondary N) is 1. The van der Waals surface area contributed by atoms with Gasteiger partial charge in [0.25, 0.3) is 0 Å². The van der Waals surface area contributed by atoms with Gasteiger partial charge in [0.05, 0.1) is 6.61 Å². The number of amides is 2. The molecule has 0 aliphatic heterocycles. The maximum Gasteiger partial charge on any atom is 0.248 e. The van der Waals surface area contributed by atoms with Crippen LogP contribution in [0.2, 0.25) is 0 Å². The number of nitrogens with two attached hydrogens (primary N) is 1. The fourth-order valence-corrected chi connectivity index (χ4v) is 2.94. The number of carbonyl (C=O) groups excluding carboxylic acids is 2. The van der Waals surface area contributed by atoms with Gasteiger partial charge in [-0.05, 0) is 26.7 Å². The molecule has 7 heteroatoms. The van der Waals surface area contributed by atoms with E-state index in [2.05, 4.69) is 5.32 Å². The van der Waals surface area contributed by atoms with Crippen LogP contribution in [-0.4, -0.2) is 55.1 Å². The molecule has 0 radical (unpaired) electrons. The summed E-state index contributed by atoms with van der Waals surface area (Å²) in [5.41, 5.74) is 5.00. The van der Waals surface area contributed by atoms with Crippen LogP contribution < -0.4 is 11.1 Å². The van der Waals surface area contributed by atoms with Gasteiger partial charge in [-0.25, -0.2) is 0 Å². The molecule has 0 saturated heterocycles. The van der Waals surface area contributed by atoms with Crippen LogP contribution in [0.1, 0.15) is 46.0 Å². The second-order valence-corrected chi connectivity index (χ2v) is 5.67. The maximum atomic E-state index is 12.8. The zero-order valence-corrected chi connectivity index (χ0v) is 14.7. The van der Waals surface area contributed by atoms with E-state index in [-0.39, 0.29) is 30.8 Å². The molecule has 1 fully saturated rings. The molecule has 2 amide bonds. The van der Waals surface area contributed by atoms with Crippen LogP contribution in [0, 0.1) is 0 Å². The molecule has 0 heterocycles. The van der Waals surface area contributed by atoms with Crippen molar-refractivity contribution in [3.8, 4) is 0 Å². The lowest BCUT2D eigenvalue weighted by molar-refractivity contribution is -0.143. The molecule has 0 spiro atoms. The van der Waals surface area contributed by atoms with Gasteiger partial charge in [-0.3, -0.25) is 9.59 Å². The number of methoxy groups -OCH3 is 1. The third-order valence-electron chi connectivity index (χ3n) is 4.21. The normalized spacial score (nSPS) is 18.0. The Morgan fingerprint density at radius 1 is 1.23 bits per heavy atom. The van der Waals surface area contributed by atoms with E-state index in [0.29, 0.717) is 25.9 Å². The van der Waals surface area contributed by atoms with Crippen LogP contribution >= 0.6 is 12.4 Å². The van der Waals surface area contributed by atoms with Crippen LogP contribution in [0.25, 0.3) is 0 Å². The lowest BCUT2D eigenvalue weighted by atomic mass is 9.80. The van der Waals surface area contributed by atoms with Gasteiger partial charge in [-0.15, -0.1) is 12.4 Å². The monoisotopic (exact) mass is 335 g/mol. The van der Waals surface area contributed by atoms with Gasteiger partial charge < -0.3 is 20.7 Å². The maximum absolute atomic E-state index is 12.8. The van der Waals surface area contributed by atoms with E-state index in [1.54, 1.807) is 4.90 Å². The van der Waals surface area contributed by atoms with E-state index in [1.807, 2.05) is 13.8 Å². The van der Waals surface area contributed by atoms with Crippen LogP contribution in [0.4, 0.5) is 0 Å². The third-order valence-corrected chi connectivity index (χ3v) is 4.21. The fraction of sp³-hybridized carbons (Fsp3) is 0.867. The van der Waals surface area contributed by atoms with Crippen molar-refractivity contribution in [3.63, 3.8) is 0 Å². The summed E-state index contributed by atoms with van der Waals surface area (Å²) in [6.45, 7) is 5.36. The molecule has 1 aliphatic rings. The molecular formula is C15H30ClN3O3. The van der Waals surface area contributed by atoms with Gasteiger partial charge in [-0.1, -0.05) is 19.3 Å². The second kappa shape index (κ2) is 10.0. The number of rotatable bonds is 7. The van der Waals surface area contributed by atoms with Crippen molar-refractivity contribution in [1.29, 1.82) is 0 Å². The average molecular weight is 336 g/mol. The number of halogens is 1. The molecule has 6 nitrogen and oxygen atoms in total. The fourth-order valence-electron chi connectivity index (χ4n) is 2.94. The van der Waals surface area contributed by atoms with Crippen molar-refractivity contribution in [2.45, 2.75) is 57.5 Å². The Morgan fingerprint density at radius 2 is 1.77 bits per heavy atom. The van der Waals surface area contributed by atoms with Gasteiger partial charge in [0.1, 0.15) is 11.6 Å². The predicted octanol–water partition coefficient (Wildman–Crippen LogP) is 1.07. The molecule has 1 rings (SSSR count). The molecule has 1 atom stereocenters. The van der Waals surface area contributed by atoms with Crippen molar-refractivity contribution >= 4 is 24.2 Å². The first-order valence-corrected chi connectivity index (χ1v) is 7.86.